The Morgan fingerprint density at radius 3 is 2.52 bits per heavy atom. The number of benzene rings is 2. The van der Waals surface area contributed by atoms with Gasteiger partial charge >= 0.3 is 0 Å². The van der Waals surface area contributed by atoms with Crippen LogP contribution in [0.2, 0.25) is 0 Å². The number of methoxy groups -OCH3 is 1. The number of hydrogen-bond acceptors (Lipinski definition) is 4. The van der Waals surface area contributed by atoms with Crippen molar-refractivity contribution in [2.75, 3.05) is 7.11 Å². The molecule has 1 heterocycles. The van der Waals surface area contributed by atoms with E-state index in [1.54, 1.807) is 12.0 Å². The molecule has 5 nitrogen and oxygen atoms in total. The standard InChI is InChI=1S/C24H27N3O2/c1-29-19-11-13-23(14-12-19)15-18-9-5-6-10-20(18)24(23)21(28)27(22(25)26-24)16-17-7-3-2-4-8-17/h2-10,19H,11-16H2,1H3,(H2,25,26)/t19-,23-,24?. The fraction of sp³-hybridized carbons (Fsp3) is 0.417. The topological polar surface area (TPSA) is 67.9 Å². The van der Waals surface area contributed by atoms with Gasteiger partial charge in [0.15, 0.2) is 11.5 Å². The van der Waals surface area contributed by atoms with E-state index in [-0.39, 0.29) is 17.4 Å². The molecule has 1 amide bonds. The van der Waals surface area contributed by atoms with Crippen LogP contribution in [-0.4, -0.2) is 30.0 Å². The average molecular weight is 389 g/mol. The minimum absolute atomic E-state index is 0.0275. The Morgan fingerprint density at radius 2 is 1.79 bits per heavy atom. The van der Waals surface area contributed by atoms with E-state index < -0.39 is 5.54 Å². The third kappa shape index (κ3) is 2.57. The fourth-order valence-electron chi connectivity index (χ4n) is 5.74. The van der Waals surface area contributed by atoms with Crippen LogP contribution in [0.3, 0.4) is 0 Å². The lowest BCUT2D eigenvalue weighted by molar-refractivity contribution is -0.138. The number of nitrogens with two attached hydrogens (primary N) is 1. The number of fused-ring (bicyclic) bond motifs is 3. The van der Waals surface area contributed by atoms with Gasteiger partial charge < -0.3 is 10.5 Å². The zero-order valence-electron chi connectivity index (χ0n) is 16.8. The van der Waals surface area contributed by atoms with E-state index in [2.05, 4.69) is 18.2 Å². The number of carbonyl (C=O) groups is 1. The van der Waals surface area contributed by atoms with Crippen LogP contribution in [0.5, 0.6) is 0 Å². The number of rotatable bonds is 3. The van der Waals surface area contributed by atoms with Crippen LogP contribution in [0, 0.1) is 5.41 Å². The highest BCUT2D eigenvalue weighted by Crippen LogP contribution is 2.61. The maximum atomic E-state index is 14.0. The lowest BCUT2D eigenvalue weighted by atomic mass is 9.61. The highest BCUT2D eigenvalue weighted by molar-refractivity contribution is 6.08. The molecule has 0 radical (unpaired) electrons. The van der Waals surface area contributed by atoms with Crippen LogP contribution in [0.25, 0.3) is 0 Å². The van der Waals surface area contributed by atoms with Crippen molar-refractivity contribution >= 4 is 11.9 Å². The molecule has 2 aromatic rings. The minimum atomic E-state index is -0.902. The molecule has 5 heteroatoms. The van der Waals surface area contributed by atoms with Crippen LogP contribution in [0.15, 0.2) is 59.6 Å². The van der Waals surface area contributed by atoms with E-state index >= 15 is 0 Å². The summed E-state index contributed by atoms with van der Waals surface area (Å²) in [6.45, 7) is 0.454. The van der Waals surface area contributed by atoms with Crippen molar-refractivity contribution in [2.24, 2.45) is 16.1 Å². The first kappa shape index (κ1) is 18.4. The number of guanidine groups is 1. The first-order chi connectivity index (χ1) is 14.1. The van der Waals surface area contributed by atoms with Gasteiger partial charge in [0.25, 0.3) is 5.91 Å². The van der Waals surface area contributed by atoms with E-state index in [1.165, 1.54) is 5.56 Å². The monoisotopic (exact) mass is 389 g/mol. The van der Waals surface area contributed by atoms with Crippen molar-refractivity contribution in [3.05, 3.63) is 71.3 Å². The second kappa shape index (κ2) is 6.70. The molecule has 0 saturated heterocycles. The molecule has 1 aliphatic heterocycles. The number of ether oxygens (including phenoxy) is 1. The number of nitrogens with zero attached hydrogens (tertiary/aromatic N) is 2. The minimum Gasteiger partial charge on any atom is -0.381 e. The summed E-state index contributed by atoms with van der Waals surface area (Å²) < 4.78 is 5.61. The first-order valence-electron chi connectivity index (χ1n) is 10.4. The molecule has 3 aliphatic rings. The molecule has 0 bridgehead atoms. The number of hydrogen-bond donors (Lipinski definition) is 1. The van der Waals surface area contributed by atoms with Crippen LogP contribution in [0.4, 0.5) is 0 Å². The van der Waals surface area contributed by atoms with Gasteiger partial charge in [0.1, 0.15) is 0 Å². The number of aliphatic imine (C=N–C) groups is 1. The molecule has 29 heavy (non-hydrogen) atoms. The van der Waals surface area contributed by atoms with Gasteiger partial charge in [0, 0.05) is 12.5 Å². The predicted molar refractivity (Wildman–Crippen MR) is 112 cm³/mol. The van der Waals surface area contributed by atoms with E-state index in [0.717, 1.165) is 43.2 Å². The van der Waals surface area contributed by atoms with Gasteiger partial charge in [0.2, 0.25) is 0 Å². The lowest BCUT2D eigenvalue weighted by Crippen LogP contribution is -2.52. The van der Waals surface area contributed by atoms with E-state index in [4.69, 9.17) is 15.5 Å². The van der Waals surface area contributed by atoms with Gasteiger partial charge in [-0.15, -0.1) is 0 Å². The molecule has 0 aromatic heterocycles. The first-order valence-corrected chi connectivity index (χ1v) is 10.4. The van der Waals surface area contributed by atoms with Crippen LogP contribution in [0.1, 0.15) is 42.4 Å². The van der Waals surface area contributed by atoms with Gasteiger partial charge in [-0.1, -0.05) is 54.6 Å². The van der Waals surface area contributed by atoms with Crippen LogP contribution >= 0.6 is 0 Å². The molecular weight excluding hydrogens is 362 g/mol. The Kier molecular flexibility index (Phi) is 4.24. The Balaban J connectivity index is 1.58. The third-order valence-electron chi connectivity index (χ3n) is 7.22. The zero-order valence-corrected chi connectivity index (χ0v) is 16.8. The molecule has 1 saturated carbocycles. The lowest BCUT2D eigenvalue weighted by Gasteiger charge is -2.45. The van der Waals surface area contributed by atoms with Gasteiger partial charge in [-0.3, -0.25) is 9.69 Å². The van der Waals surface area contributed by atoms with Crippen LogP contribution in [-0.2, 0) is 28.0 Å². The van der Waals surface area contributed by atoms with Crippen molar-refractivity contribution < 1.29 is 9.53 Å². The second-order valence-electron chi connectivity index (χ2n) is 8.61. The number of amides is 1. The zero-order chi connectivity index (χ0) is 20.1. The molecule has 2 aliphatic carbocycles. The largest absolute Gasteiger partial charge is 0.381 e. The molecule has 2 aromatic carbocycles. The Hall–Kier alpha value is -2.66. The van der Waals surface area contributed by atoms with Crippen LogP contribution < -0.4 is 5.73 Å². The Labute approximate surface area is 171 Å². The third-order valence-corrected chi connectivity index (χ3v) is 7.22. The summed E-state index contributed by atoms with van der Waals surface area (Å²) in [5, 5.41) is 0. The highest BCUT2D eigenvalue weighted by Gasteiger charge is 2.66. The van der Waals surface area contributed by atoms with Crippen molar-refractivity contribution in [3.8, 4) is 0 Å². The fourth-order valence-corrected chi connectivity index (χ4v) is 5.74. The molecule has 150 valence electrons. The SMILES string of the molecule is CO[C@H]1CC[C@]2(CC1)Cc1ccccc1C21N=C(N)N(Cc2ccccc2)C1=O. The Bertz CT molecular complexity index is 963. The van der Waals surface area contributed by atoms with Gasteiger partial charge in [0.05, 0.1) is 12.6 Å². The van der Waals surface area contributed by atoms with Crippen molar-refractivity contribution in [1.82, 2.24) is 4.90 Å². The predicted octanol–water partition coefficient (Wildman–Crippen LogP) is 3.37. The summed E-state index contributed by atoms with van der Waals surface area (Å²) in [6, 6.07) is 18.3. The highest BCUT2D eigenvalue weighted by atomic mass is 16.5. The molecule has 2 N–H and O–H groups in total. The summed E-state index contributed by atoms with van der Waals surface area (Å²) in [5.74, 6) is 0.364. The molecule has 1 atom stereocenters. The molecule has 1 fully saturated rings. The summed E-state index contributed by atoms with van der Waals surface area (Å²) in [4.78, 5) is 20.7. The summed E-state index contributed by atoms with van der Waals surface area (Å²) >= 11 is 0. The van der Waals surface area contributed by atoms with Gasteiger partial charge in [-0.2, -0.15) is 0 Å². The normalized spacial score (nSPS) is 30.8. The second-order valence-corrected chi connectivity index (χ2v) is 8.61. The Morgan fingerprint density at radius 1 is 1.10 bits per heavy atom. The van der Waals surface area contributed by atoms with E-state index in [0.29, 0.717) is 12.5 Å². The molecule has 1 unspecified atom stereocenters. The molecule has 5 rings (SSSR count). The van der Waals surface area contributed by atoms with Crippen molar-refractivity contribution in [3.63, 3.8) is 0 Å². The summed E-state index contributed by atoms with van der Waals surface area (Å²) in [6.07, 6.45) is 4.88. The summed E-state index contributed by atoms with van der Waals surface area (Å²) in [7, 11) is 1.78. The average Bonchev–Trinajstić information content (AvgIpc) is 3.16. The maximum Gasteiger partial charge on any atom is 0.262 e. The van der Waals surface area contributed by atoms with Gasteiger partial charge in [-0.05, 0) is 48.8 Å². The quantitative estimate of drug-likeness (QED) is 0.875. The maximum absolute atomic E-state index is 14.0. The van der Waals surface area contributed by atoms with E-state index in [1.807, 2.05) is 36.4 Å². The number of carbonyl (C=O) groups excluding carboxylic acids is 1. The summed E-state index contributed by atoms with van der Waals surface area (Å²) in [5.41, 5.74) is 8.61. The van der Waals surface area contributed by atoms with Crippen molar-refractivity contribution in [1.29, 1.82) is 0 Å². The van der Waals surface area contributed by atoms with Crippen molar-refractivity contribution in [2.45, 2.75) is 50.3 Å². The molecular formula is C24H27N3O2. The molecule has 2 spiro atoms. The van der Waals surface area contributed by atoms with E-state index in [9.17, 15) is 4.79 Å². The van der Waals surface area contributed by atoms with Gasteiger partial charge in [-0.25, -0.2) is 4.99 Å². The smallest absolute Gasteiger partial charge is 0.262 e.